The van der Waals surface area contributed by atoms with Crippen LogP contribution in [0.4, 0.5) is 0 Å². The first-order chi connectivity index (χ1) is 3.91. The van der Waals surface area contributed by atoms with E-state index in [1.807, 2.05) is 0 Å². The lowest BCUT2D eigenvalue weighted by molar-refractivity contribution is 0.322. The average Bonchev–Trinajstić information content (AvgIpc) is 1.81. The molecule has 0 spiro atoms. The fourth-order valence-electron chi connectivity index (χ4n) is 0.206. The molecular weight excluding hydrogens is 102 g/mol. The van der Waals surface area contributed by atoms with Gasteiger partial charge in [-0.25, -0.2) is 0 Å². The first-order valence-corrected chi connectivity index (χ1v) is 2.17. The monoisotopic (exact) mass is 109 g/mol. The molecule has 2 nitrogen and oxygen atoms in total. The minimum absolute atomic E-state index is 0.631. The lowest BCUT2D eigenvalue weighted by Gasteiger charge is -1.66. The molecule has 0 aliphatic carbocycles. The van der Waals surface area contributed by atoms with Crippen molar-refractivity contribution in [2.24, 2.45) is 5.16 Å². The van der Waals surface area contributed by atoms with Crippen molar-refractivity contribution in [2.75, 3.05) is 0 Å². The van der Waals surface area contributed by atoms with E-state index >= 15 is 0 Å². The fourth-order valence-corrected chi connectivity index (χ4v) is 0.206. The Morgan fingerprint density at radius 2 is 2.50 bits per heavy atom. The molecule has 0 heterocycles. The highest BCUT2D eigenvalue weighted by atomic mass is 16.4. The van der Waals surface area contributed by atoms with Crippen LogP contribution in [-0.2, 0) is 0 Å². The summed E-state index contributed by atoms with van der Waals surface area (Å²) in [5.74, 6) is 5.13. The van der Waals surface area contributed by atoms with Crippen LogP contribution in [0.3, 0.4) is 0 Å². The Morgan fingerprint density at radius 3 is 3.00 bits per heavy atom. The maximum atomic E-state index is 7.81. The van der Waals surface area contributed by atoms with Gasteiger partial charge in [0.05, 0.1) is 0 Å². The van der Waals surface area contributed by atoms with Gasteiger partial charge in [-0.1, -0.05) is 23.1 Å². The summed E-state index contributed by atoms with van der Waals surface area (Å²) in [5, 5.41) is 10.5. The van der Waals surface area contributed by atoms with Crippen molar-refractivity contribution in [2.45, 2.75) is 6.42 Å². The zero-order chi connectivity index (χ0) is 6.24. The van der Waals surface area contributed by atoms with Crippen molar-refractivity contribution in [3.05, 3.63) is 12.7 Å². The van der Waals surface area contributed by atoms with Gasteiger partial charge in [0.2, 0.25) is 0 Å². The second-order valence-corrected chi connectivity index (χ2v) is 1.06. The van der Waals surface area contributed by atoms with E-state index in [0.717, 1.165) is 6.21 Å². The largest absolute Gasteiger partial charge is 0.410 e. The fraction of sp³-hybridized carbons (Fsp3) is 0.167. The highest BCUT2D eigenvalue weighted by Crippen LogP contribution is 1.70. The van der Waals surface area contributed by atoms with Crippen molar-refractivity contribution in [1.29, 1.82) is 0 Å². The molecule has 0 amide bonds. The van der Waals surface area contributed by atoms with Crippen LogP contribution in [0.15, 0.2) is 17.8 Å². The minimum Gasteiger partial charge on any atom is -0.410 e. The summed E-state index contributed by atoms with van der Waals surface area (Å²) in [6.45, 7) is 3.45. The van der Waals surface area contributed by atoms with Crippen molar-refractivity contribution in [3.63, 3.8) is 0 Å². The van der Waals surface area contributed by atoms with Crippen LogP contribution in [0.5, 0.6) is 0 Å². The SMILES string of the molecule is C=CCC#CC=NO. The summed E-state index contributed by atoms with van der Waals surface area (Å²) in [5.41, 5.74) is 0. The van der Waals surface area contributed by atoms with Crippen molar-refractivity contribution in [1.82, 2.24) is 0 Å². The van der Waals surface area contributed by atoms with E-state index in [1.54, 1.807) is 6.08 Å². The van der Waals surface area contributed by atoms with Crippen LogP contribution < -0.4 is 0 Å². The van der Waals surface area contributed by atoms with E-state index in [2.05, 4.69) is 23.6 Å². The Labute approximate surface area is 48.5 Å². The Bertz CT molecular complexity index is 138. The number of nitrogens with zero attached hydrogens (tertiary/aromatic N) is 1. The number of hydrogen-bond donors (Lipinski definition) is 1. The Morgan fingerprint density at radius 1 is 1.75 bits per heavy atom. The number of rotatable bonds is 1. The first kappa shape index (κ1) is 6.77. The molecule has 0 aromatic carbocycles. The zero-order valence-corrected chi connectivity index (χ0v) is 4.46. The van der Waals surface area contributed by atoms with E-state index in [0.29, 0.717) is 6.42 Å². The van der Waals surface area contributed by atoms with Crippen LogP contribution in [0.25, 0.3) is 0 Å². The van der Waals surface area contributed by atoms with Gasteiger partial charge in [0, 0.05) is 6.42 Å². The van der Waals surface area contributed by atoms with Gasteiger partial charge in [0.25, 0.3) is 0 Å². The number of allylic oxidation sites excluding steroid dienone is 1. The molecule has 0 saturated heterocycles. The summed E-state index contributed by atoms with van der Waals surface area (Å²) in [6, 6.07) is 0. The zero-order valence-electron chi connectivity index (χ0n) is 4.46. The van der Waals surface area contributed by atoms with Crippen LogP contribution in [0, 0.1) is 11.8 Å². The van der Waals surface area contributed by atoms with Crippen molar-refractivity contribution < 1.29 is 5.21 Å². The Hall–Kier alpha value is -1.23. The van der Waals surface area contributed by atoms with Gasteiger partial charge in [0.1, 0.15) is 6.21 Å². The molecule has 0 atom stereocenters. The molecule has 0 saturated carbocycles. The third-order valence-electron chi connectivity index (χ3n) is 0.471. The highest BCUT2D eigenvalue weighted by Gasteiger charge is 1.59. The van der Waals surface area contributed by atoms with Gasteiger partial charge >= 0.3 is 0 Å². The smallest absolute Gasteiger partial charge is 0.116 e. The van der Waals surface area contributed by atoms with Gasteiger partial charge in [-0.3, -0.25) is 0 Å². The molecule has 0 aliphatic heterocycles. The molecule has 0 aromatic heterocycles. The van der Waals surface area contributed by atoms with E-state index < -0.39 is 0 Å². The summed E-state index contributed by atoms with van der Waals surface area (Å²) < 4.78 is 0. The Balaban J connectivity index is 3.34. The number of hydrogen-bond acceptors (Lipinski definition) is 2. The van der Waals surface area contributed by atoms with Crippen LogP contribution in [-0.4, -0.2) is 11.4 Å². The van der Waals surface area contributed by atoms with Gasteiger partial charge in [-0.15, -0.1) is 6.58 Å². The van der Waals surface area contributed by atoms with E-state index in [-0.39, 0.29) is 0 Å². The molecule has 0 aliphatic rings. The normalized spacial score (nSPS) is 8.00. The third-order valence-corrected chi connectivity index (χ3v) is 0.471. The maximum absolute atomic E-state index is 7.81. The molecule has 0 aromatic rings. The van der Waals surface area contributed by atoms with Gasteiger partial charge in [-0.2, -0.15) is 0 Å². The lowest BCUT2D eigenvalue weighted by atomic mass is 10.4. The first-order valence-electron chi connectivity index (χ1n) is 2.17. The highest BCUT2D eigenvalue weighted by molar-refractivity contribution is 5.77. The molecule has 0 unspecified atom stereocenters. The average molecular weight is 109 g/mol. The molecule has 0 radical (unpaired) electrons. The van der Waals surface area contributed by atoms with E-state index in [1.165, 1.54) is 0 Å². The molecule has 42 valence electrons. The second kappa shape index (κ2) is 5.77. The van der Waals surface area contributed by atoms with Crippen LogP contribution in [0.1, 0.15) is 6.42 Å². The molecular formula is C6H7NO. The molecule has 0 rings (SSSR count). The van der Waals surface area contributed by atoms with E-state index in [9.17, 15) is 0 Å². The summed E-state index contributed by atoms with van der Waals surface area (Å²) in [7, 11) is 0. The molecule has 1 N–H and O–H groups in total. The quantitative estimate of drug-likeness (QED) is 0.176. The summed E-state index contributed by atoms with van der Waals surface area (Å²) in [4.78, 5) is 0. The Kier molecular flexibility index (Phi) is 4.88. The van der Waals surface area contributed by atoms with Crippen molar-refractivity contribution >= 4 is 6.21 Å². The van der Waals surface area contributed by atoms with Crippen LogP contribution >= 0.6 is 0 Å². The maximum Gasteiger partial charge on any atom is 0.116 e. The van der Waals surface area contributed by atoms with Crippen LogP contribution in [0.2, 0.25) is 0 Å². The summed E-state index contributed by atoms with van der Waals surface area (Å²) in [6.07, 6.45) is 3.44. The third kappa shape index (κ3) is 4.77. The molecule has 0 fully saturated rings. The topological polar surface area (TPSA) is 32.6 Å². The van der Waals surface area contributed by atoms with Crippen molar-refractivity contribution in [3.8, 4) is 11.8 Å². The lowest BCUT2D eigenvalue weighted by Crippen LogP contribution is -1.62. The van der Waals surface area contributed by atoms with Gasteiger partial charge < -0.3 is 5.21 Å². The standard InChI is InChI=1S/C6H7NO/c1-2-3-4-5-6-7-8/h2,6,8H,1,3H2. The predicted molar refractivity (Wildman–Crippen MR) is 32.9 cm³/mol. The van der Waals surface area contributed by atoms with Gasteiger partial charge in [-0.05, 0) is 0 Å². The van der Waals surface area contributed by atoms with E-state index in [4.69, 9.17) is 5.21 Å². The molecule has 8 heavy (non-hydrogen) atoms. The minimum atomic E-state index is 0.631. The summed E-state index contributed by atoms with van der Waals surface area (Å²) >= 11 is 0. The van der Waals surface area contributed by atoms with Gasteiger partial charge in [0.15, 0.2) is 0 Å². The second-order valence-electron chi connectivity index (χ2n) is 1.06. The molecule has 0 bridgehead atoms. The number of oxime groups is 1. The predicted octanol–water partition coefficient (Wildman–Crippen LogP) is 1.03. The molecule has 2 heteroatoms.